The number of likely N-dealkylation sites (tertiary alicyclic amines) is 1. The van der Waals surface area contributed by atoms with Crippen LogP contribution < -0.4 is 5.32 Å². The predicted molar refractivity (Wildman–Crippen MR) is 71.3 cm³/mol. The number of benzene rings is 1. The van der Waals surface area contributed by atoms with Gasteiger partial charge in [-0.05, 0) is 45.0 Å². The number of nitrogens with one attached hydrogen (secondary N) is 1. The second-order valence-electron chi connectivity index (χ2n) is 4.91. The van der Waals surface area contributed by atoms with Crippen LogP contribution in [0.25, 0.3) is 0 Å². The molecule has 0 unspecified atom stereocenters. The maximum absolute atomic E-state index is 9.92. The van der Waals surface area contributed by atoms with Gasteiger partial charge in [0.1, 0.15) is 0 Å². The number of aryl methyl sites for hydroxylation is 1. The van der Waals surface area contributed by atoms with Crippen molar-refractivity contribution in [3.63, 3.8) is 0 Å². The molecule has 1 aromatic carbocycles. The second kappa shape index (κ2) is 6.03. The third-order valence-corrected chi connectivity index (χ3v) is 3.26. The van der Waals surface area contributed by atoms with Crippen LogP contribution in [0.2, 0.25) is 0 Å². The molecule has 0 bridgehead atoms. The van der Waals surface area contributed by atoms with Crippen LogP contribution in [0.5, 0.6) is 0 Å². The fourth-order valence-corrected chi connectivity index (χ4v) is 2.23. The summed E-state index contributed by atoms with van der Waals surface area (Å²) < 4.78 is 0. The van der Waals surface area contributed by atoms with Crippen molar-refractivity contribution in [1.29, 1.82) is 0 Å². The molecule has 3 heteroatoms. The predicted octanol–water partition coefficient (Wildman–Crippen LogP) is 1.86. The summed E-state index contributed by atoms with van der Waals surface area (Å²) in [5, 5.41) is 13.2. The number of aliphatic hydroxyl groups excluding tert-OH is 1. The molecule has 1 aliphatic rings. The van der Waals surface area contributed by atoms with Gasteiger partial charge in [-0.2, -0.15) is 0 Å². The lowest BCUT2D eigenvalue weighted by Crippen LogP contribution is -2.34. The van der Waals surface area contributed by atoms with Crippen LogP contribution in [0.1, 0.15) is 18.4 Å². The van der Waals surface area contributed by atoms with Gasteiger partial charge in [-0.1, -0.05) is 17.7 Å². The molecule has 0 saturated carbocycles. The second-order valence-corrected chi connectivity index (χ2v) is 4.91. The van der Waals surface area contributed by atoms with E-state index in [0.717, 1.165) is 25.3 Å². The number of nitrogens with zero attached hydrogens (tertiary/aromatic N) is 1. The summed E-state index contributed by atoms with van der Waals surface area (Å²) in [6.45, 7) is 5.77. The Morgan fingerprint density at radius 3 is 2.53 bits per heavy atom. The lowest BCUT2D eigenvalue weighted by Gasteiger charge is -2.20. The molecular formula is C14H22N2O. The van der Waals surface area contributed by atoms with Gasteiger partial charge in [0.2, 0.25) is 0 Å². The molecule has 17 heavy (non-hydrogen) atoms. The SMILES string of the molecule is Cc1ccc(NC[C@@H](O)CN2CCCC2)cc1. The molecule has 1 fully saturated rings. The van der Waals surface area contributed by atoms with Crippen LogP contribution >= 0.6 is 0 Å². The number of rotatable bonds is 5. The topological polar surface area (TPSA) is 35.5 Å². The average molecular weight is 234 g/mol. The van der Waals surface area contributed by atoms with Crippen LogP contribution in [0.4, 0.5) is 5.69 Å². The van der Waals surface area contributed by atoms with E-state index in [1.807, 2.05) is 0 Å². The zero-order chi connectivity index (χ0) is 12.1. The molecular weight excluding hydrogens is 212 g/mol. The van der Waals surface area contributed by atoms with Crippen molar-refractivity contribution in [3.8, 4) is 0 Å². The van der Waals surface area contributed by atoms with Crippen LogP contribution in [0, 0.1) is 6.92 Å². The zero-order valence-corrected chi connectivity index (χ0v) is 10.5. The quantitative estimate of drug-likeness (QED) is 0.816. The molecule has 1 atom stereocenters. The van der Waals surface area contributed by atoms with E-state index in [1.54, 1.807) is 0 Å². The molecule has 0 spiro atoms. The first kappa shape index (κ1) is 12.4. The van der Waals surface area contributed by atoms with Crippen LogP contribution in [-0.2, 0) is 0 Å². The van der Waals surface area contributed by atoms with Crippen molar-refractivity contribution in [1.82, 2.24) is 4.90 Å². The summed E-state index contributed by atoms with van der Waals surface area (Å²) in [6, 6.07) is 8.26. The molecule has 0 amide bonds. The largest absolute Gasteiger partial charge is 0.390 e. The number of hydrogen-bond donors (Lipinski definition) is 2. The summed E-state index contributed by atoms with van der Waals surface area (Å²) in [5.41, 5.74) is 2.34. The van der Waals surface area contributed by atoms with E-state index in [-0.39, 0.29) is 6.10 Å². The van der Waals surface area contributed by atoms with Crippen molar-refractivity contribution in [2.24, 2.45) is 0 Å². The third-order valence-electron chi connectivity index (χ3n) is 3.26. The van der Waals surface area contributed by atoms with E-state index in [0.29, 0.717) is 6.54 Å². The number of aliphatic hydroxyl groups is 1. The van der Waals surface area contributed by atoms with Crippen LogP contribution in [0.3, 0.4) is 0 Å². The highest BCUT2D eigenvalue weighted by atomic mass is 16.3. The minimum atomic E-state index is -0.283. The number of hydrogen-bond acceptors (Lipinski definition) is 3. The first-order chi connectivity index (χ1) is 8.24. The van der Waals surface area contributed by atoms with E-state index >= 15 is 0 Å². The summed E-state index contributed by atoms with van der Waals surface area (Å²) in [4.78, 5) is 2.33. The van der Waals surface area contributed by atoms with E-state index in [4.69, 9.17) is 0 Å². The minimum absolute atomic E-state index is 0.283. The first-order valence-corrected chi connectivity index (χ1v) is 6.45. The van der Waals surface area contributed by atoms with Gasteiger partial charge >= 0.3 is 0 Å². The number of anilines is 1. The number of β-amino-alcohol motifs (C(OH)–C–C–N with tert-alkyl or cyclic N) is 1. The van der Waals surface area contributed by atoms with Gasteiger partial charge in [-0.15, -0.1) is 0 Å². The highest BCUT2D eigenvalue weighted by Crippen LogP contribution is 2.10. The summed E-state index contributed by atoms with van der Waals surface area (Å²) in [5.74, 6) is 0. The maximum atomic E-state index is 9.92. The molecule has 1 aromatic rings. The van der Waals surface area contributed by atoms with Gasteiger partial charge in [-0.25, -0.2) is 0 Å². The van der Waals surface area contributed by atoms with Crippen molar-refractivity contribution in [2.45, 2.75) is 25.9 Å². The van der Waals surface area contributed by atoms with E-state index in [2.05, 4.69) is 41.4 Å². The molecule has 2 rings (SSSR count). The zero-order valence-electron chi connectivity index (χ0n) is 10.5. The normalized spacial score (nSPS) is 18.2. The lowest BCUT2D eigenvalue weighted by atomic mass is 10.2. The maximum Gasteiger partial charge on any atom is 0.0839 e. The van der Waals surface area contributed by atoms with E-state index in [1.165, 1.54) is 18.4 Å². The Bertz CT molecular complexity index is 331. The molecule has 1 aliphatic heterocycles. The Hall–Kier alpha value is -1.06. The first-order valence-electron chi connectivity index (χ1n) is 6.45. The van der Waals surface area contributed by atoms with Gasteiger partial charge in [0, 0.05) is 18.8 Å². The highest BCUT2D eigenvalue weighted by molar-refractivity contribution is 5.44. The average Bonchev–Trinajstić information content (AvgIpc) is 2.81. The summed E-state index contributed by atoms with van der Waals surface area (Å²) >= 11 is 0. The van der Waals surface area contributed by atoms with Crippen molar-refractivity contribution >= 4 is 5.69 Å². The van der Waals surface area contributed by atoms with Crippen LogP contribution in [0.15, 0.2) is 24.3 Å². The summed E-state index contributed by atoms with van der Waals surface area (Å²) in [7, 11) is 0. The van der Waals surface area contributed by atoms with E-state index < -0.39 is 0 Å². The van der Waals surface area contributed by atoms with Gasteiger partial charge in [-0.3, -0.25) is 0 Å². The fourth-order valence-electron chi connectivity index (χ4n) is 2.23. The monoisotopic (exact) mass is 234 g/mol. The highest BCUT2D eigenvalue weighted by Gasteiger charge is 2.15. The Balaban J connectivity index is 1.71. The minimum Gasteiger partial charge on any atom is -0.390 e. The molecule has 3 nitrogen and oxygen atoms in total. The molecule has 2 N–H and O–H groups in total. The standard InChI is InChI=1S/C14H22N2O/c1-12-4-6-13(7-5-12)15-10-14(17)11-16-8-2-3-9-16/h4-7,14-15,17H,2-3,8-11H2,1H3/t14-/m1/s1. The third kappa shape index (κ3) is 4.02. The van der Waals surface area contributed by atoms with Crippen molar-refractivity contribution < 1.29 is 5.11 Å². The Morgan fingerprint density at radius 2 is 1.88 bits per heavy atom. The van der Waals surface area contributed by atoms with Crippen LogP contribution in [-0.4, -0.2) is 42.3 Å². The van der Waals surface area contributed by atoms with Gasteiger partial charge < -0.3 is 15.3 Å². The Morgan fingerprint density at radius 1 is 1.24 bits per heavy atom. The molecule has 0 aliphatic carbocycles. The van der Waals surface area contributed by atoms with Crippen molar-refractivity contribution in [3.05, 3.63) is 29.8 Å². The van der Waals surface area contributed by atoms with Gasteiger partial charge in [0.25, 0.3) is 0 Å². The molecule has 94 valence electrons. The fraction of sp³-hybridized carbons (Fsp3) is 0.571. The molecule has 1 heterocycles. The molecule has 1 saturated heterocycles. The smallest absolute Gasteiger partial charge is 0.0839 e. The molecule has 0 radical (unpaired) electrons. The van der Waals surface area contributed by atoms with Gasteiger partial charge in [0.15, 0.2) is 0 Å². The summed E-state index contributed by atoms with van der Waals surface area (Å²) in [6.07, 6.45) is 2.27. The molecule has 0 aromatic heterocycles. The van der Waals surface area contributed by atoms with Gasteiger partial charge in [0.05, 0.1) is 6.10 Å². The Kier molecular flexibility index (Phi) is 4.40. The van der Waals surface area contributed by atoms with E-state index in [9.17, 15) is 5.11 Å². The van der Waals surface area contributed by atoms with Crippen molar-refractivity contribution in [2.75, 3.05) is 31.5 Å². The lowest BCUT2D eigenvalue weighted by molar-refractivity contribution is 0.135. The Labute approximate surface area is 103 Å².